The van der Waals surface area contributed by atoms with Crippen LogP contribution in [-0.2, 0) is 17.6 Å². The number of ether oxygens (including phenoxy) is 1. The Kier molecular flexibility index (Phi) is 17.5. The Morgan fingerprint density at radius 3 is 2.38 bits per heavy atom. The van der Waals surface area contributed by atoms with Crippen LogP contribution in [0.15, 0.2) is 52.9 Å². The molecule has 5 nitrogen and oxygen atoms in total. The first-order valence-electron chi connectivity index (χ1n) is 9.76. The van der Waals surface area contributed by atoms with Crippen molar-refractivity contribution in [2.24, 2.45) is 0 Å². The van der Waals surface area contributed by atoms with Crippen molar-refractivity contribution in [1.29, 1.82) is 0 Å². The van der Waals surface area contributed by atoms with Gasteiger partial charge in [0.1, 0.15) is 5.76 Å². The molecule has 0 aliphatic heterocycles. The summed E-state index contributed by atoms with van der Waals surface area (Å²) in [6.07, 6.45) is 5.00. The molecule has 1 aromatic heterocycles. The standard InChI is InChI=1S/C21H22NO2.C3H6S.CHO2.K/c1-4-20-19(12-13-23-18-7-5-6-16(3)14-18)22-21(24-20)17-10-8-15(2)9-11-17;1-3-4-2;2-1-3;/h5-11,14H,3-4,12-13H2,1-2H3;1-3H2;(H,2,3);/q-1;-2;-1;+1. The van der Waals surface area contributed by atoms with E-state index >= 15 is 0 Å². The zero-order valence-electron chi connectivity index (χ0n) is 19.1. The molecule has 0 saturated carbocycles. The first-order chi connectivity index (χ1) is 15.0. The van der Waals surface area contributed by atoms with Crippen LogP contribution in [0.2, 0.25) is 0 Å². The summed E-state index contributed by atoms with van der Waals surface area (Å²) < 4.78 is 11.7. The third-order valence-corrected chi connectivity index (χ3v) is 4.34. The van der Waals surface area contributed by atoms with Gasteiger partial charge < -0.3 is 37.7 Å². The van der Waals surface area contributed by atoms with Crippen LogP contribution in [0.25, 0.3) is 11.5 Å². The Bertz CT molecular complexity index is 895. The summed E-state index contributed by atoms with van der Waals surface area (Å²) >= 11 is 1.50. The van der Waals surface area contributed by atoms with Crippen molar-refractivity contribution < 1.29 is 70.4 Å². The fourth-order valence-corrected chi connectivity index (χ4v) is 2.58. The van der Waals surface area contributed by atoms with E-state index in [0.717, 1.165) is 46.9 Å². The van der Waals surface area contributed by atoms with Crippen molar-refractivity contribution in [3.05, 3.63) is 91.2 Å². The van der Waals surface area contributed by atoms with Crippen LogP contribution in [0.4, 0.5) is 0 Å². The summed E-state index contributed by atoms with van der Waals surface area (Å²) in [5.74, 6) is 3.32. The van der Waals surface area contributed by atoms with Crippen LogP contribution < -0.4 is 56.1 Å². The van der Waals surface area contributed by atoms with E-state index in [4.69, 9.17) is 19.1 Å². The van der Waals surface area contributed by atoms with Gasteiger partial charge in [-0.1, -0.05) is 31.1 Å². The van der Waals surface area contributed by atoms with Gasteiger partial charge in [-0.25, -0.2) is 4.98 Å². The number of thioether (sulfide) groups is 1. The summed E-state index contributed by atoms with van der Waals surface area (Å²) in [4.78, 5) is 12.9. The molecule has 0 saturated heterocycles. The topological polar surface area (TPSA) is 72.6 Å². The van der Waals surface area contributed by atoms with Gasteiger partial charge in [0.05, 0.1) is 18.1 Å². The van der Waals surface area contributed by atoms with E-state index in [-0.39, 0.29) is 51.4 Å². The van der Waals surface area contributed by atoms with Gasteiger partial charge in [-0.2, -0.15) is 24.3 Å². The molecule has 0 bridgehead atoms. The number of aryl methyl sites for hydroxylation is 2. The van der Waals surface area contributed by atoms with Gasteiger partial charge in [0.15, 0.2) is 0 Å². The molecule has 3 rings (SSSR count). The first-order valence-corrected chi connectivity index (χ1v) is 10.9. The molecule has 0 aliphatic carbocycles. The van der Waals surface area contributed by atoms with Crippen molar-refractivity contribution in [2.45, 2.75) is 26.7 Å². The van der Waals surface area contributed by atoms with Gasteiger partial charge in [0.2, 0.25) is 5.89 Å². The predicted octanol–water partition coefficient (Wildman–Crippen LogP) is 2.98. The largest absolute Gasteiger partial charge is 1.00 e. The van der Waals surface area contributed by atoms with Crippen LogP contribution in [0.1, 0.15) is 29.5 Å². The molecule has 1 heterocycles. The predicted molar refractivity (Wildman–Crippen MR) is 128 cm³/mol. The SMILES string of the molecule is O=[C-]O.[CH2-]CS[CH2-].[CH2-]c1cccc(OCCc2nc(-c3ccc(C)cc3)oc2CC)c1.[K+]. The van der Waals surface area contributed by atoms with Crippen LogP contribution >= 0.6 is 11.8 Å². The quantitative estimate of drug-likeness (QED) is 0.416. The zero-order valence-corrected chi connectivity index (χ0v) is 23.0. The molecule has 7 heteroatoms. The minimum Gasteiger partial charge on any atom is -0.665 e. The van der Waals surface area contributed by atoms with Gasteiger partial charge in [-0.3, -0.25) is 6.26 Å². The Morgan fingerprint density at radius 2 is 1.84 bits per heavy atom. The maximum Gasteiger partial charge on any atom is 1.00 e. The summed E-state index contributed by atoms with van der Waals surface area (Å²) in [5, 5.41) is 6.76. The molecule has 0 fully saturated rings. The summed E-state index contributed by atoms with van der Waals surface area (Å²) in [6.45, 7) is 12.6. The Morgan fingerprint density at radius 1 is 1.22 bits per heavy atom. The first kappa shape index (κ1) is 30.8. The Hall–Kier alpha value is -1.22. The maximum absolute atomic E-state index is 8.24. The third kappa shape index (κ3) is 11.6. The molecule has 0 spiro atoms. The smallest absolute Gasteiger partial charge is 0.665 e. The number of aliphatic hydroxyl groups excluding tert-OH is 1. The summed E-state index contributed by atoms with van der Waals surface area (Å²) in [7, 11) is 0. The molecular formula is C25H29KNO4S-3. The number of hydrogen-bond acceptors (Lipinski definition) is 5. The van der Waals surface area contributed by atoms with Crippen molar-refractivity contribution in [1.82, 2.24) is 4.98 Å². The van der Waals surface area contributed by atoms with Gasteiger partial charge in [0, 0.05) is 18.4 Å². The number of nitrogens with zero attached hydrogens (tertiary/aromatic N) is 1. The average molecular weight is 479 g/mol. The third-order valence-electron chi connectivity index (χ3n) is 4.05. The van der Waals surface area contributed by atoms with E-state index in [1.165, 1.54) is 17.3 Å². The van der Waals surface area contributed by atoms with E-state index < -0.39 is 0 Å². The second-order valence-electron chi connectivity index (χ2n) is 6.35. The molecule has 0 amide bonds. The van der Waals surface area contributed by atoms with Crippen LogP contribution in [0.5, 0.6) is 5.75 Å². The molecule has 32 heavy (non-hydrogen) atoms. The number of benzene rings is 2. The minimum absolute atomic E-state index is 0. The van der Waals surface area contributed by atoms with E-state index in [0.29, 0.717) is 19.0 Å². The molecule has 2 aromatic carbocycles. The van der Waals surface area contributed by atoms with Crippen molar-refractivity contribution in [3.63, 3.8) is 0 Å². The van der Waals surface area contributed by atoms with Crippen LogP contribution in [0.3, 0.4) is 0 Å². The Labute approximate surface area is 238 Å². The molecular weight excluding hydrogens is 449 g/mol. The second kappa shape index (κ2) is 18.2. The molecule has 3 aromatic rings. The van der Waals surface area contributed by atoms with Gasteiger partial charge in [-0.05, 0) is 25.1 Å². The summed E-state index contributed by atoms with van der Waals surface area (Å²) in [5.41, 5.74) is 4.15. The molecule has 1 N–H and O–H groups in total. The minimum atomic E-state index is 0. The number of hydrogen-bond donors (Lipinski definition) is 1. The van der Waals surface area contributed by atoms with Crippen molar-refractivity contribution in [3.8, 4) is 17.2 Å². The fraction of sp³-hybridized carbons (Fsp3) is 0.240. The molecule has 0 unspecified atom stereocenters. The van der Waals surface area contributed by atoms with Crippen molar-refractivity contribution >= 4 is 18.2 Å². The zero-order chi connectivity index (χ0) is 23.1. The van der Waals surface area contributed by atoms with Gasteiger partial charge in [-0.15, -0.1) is 12.1 Å². The maximum atomic E-state index is 8.24. The van der Waals surface area contributed by atoms with Gasteiger partial charge in [0.25, 0.3) is 0 Å². The van der Waals surface area contributed by atoms with Crippen LogP contribution in [0, 0.1) is 27.0 Å². The van der Waals surface area contributed by atoms with E-state index in [1.807, 2.05) is 36.4 Å². The van der Waals surface area contributed by atoms with E-state index in [1.54, 1.807) is 0 Å². The number of rotatable bonds is 7. The number of aromatic nitrogens is 1. The van der Waals surface area contributed by atoms with E-state index in [9.17, 15) is 0 Å². The van der Waals surface area contributed by atoms with Crippen LogP contribution in [-0.4, -0.2) is 28.9 Å². The van der Waals surface area contributed by atoms with Crippen molar-refractivity contribution in [2.75, 3.05) is 12.4 Å². The van der Waals surface area contributed by atoms with Gasteiger partial charge >= 0.3 is 51.4 Å². The fourth-order valence-electron chi connectivity index (χ4n) is 2.58. The average Bonchev–Trinajstić information content (AvgIpc) is 3.18. The monoisotopic (exact) mass is 478 g/mol. The number of oxazole rings is 1. The van der Waals surface area contributed by atoms with E-state index in [2.05, 4.69) is 51.1 Å². The summed E-state index contributed by atoms with van der Waals surface area (Å²) in [6, 6.07) is 16.0. The Balaban J connectivity index is 0.00000106. The molecule has 168 valence electrons. The normalized spacial score (nSPS) is 9.38. The molecule has 0 atom stereocenters. The molecule has 0 radical (unpaired) electrons. The second-order valence-corrected chi connectivity index (χ2v) is 7.17. The molecule has 0 aliphatic rings.